The van der Waals surface area contributed by atoms with Gasteiger partial charge >= 0.3 is 0 Å². The second-order valence-electron chi connectivity index (χ2n) is 6.96. The number of hydrogen-bond donors (Lipinski definition) is 0. The third-order valence-electron chi connectivity index (χ3n) is 5.22. The van der Waals surface area contributed by atoms with Crippen LogP contribution in [0.1, 0.15) is 12.5 Å². The Labute approximate surface area is 163 Å². The third kappa shape index (κ3) is 3.68. The first-order valence-electron chi connectivity index (χ1n) is 8.97. The topological polar surface area (TPSA) is 75.5 Å². The van der Waals surface area contributed by atoms with Crippen molar-refractivity contribution in [2.24, 2.45) is 0 Å². The number of para-hydroxylation sites is 1. The van der Waals surface area contributed by atoms with Gasteiger partial charge in [0.25, 0.3) is 5.56 Å². The van der Waals surface area contributed by atoms with Crippen LogP contribution < -0.4 is 15.4 Å². The summed E-state index contributed by atoms with van der Waals surface area (Å²) in [4.78, 5) is 17.0. The molecule has 2 saturated heterocycles. The monoisotopic (exact) mass is 408 g/mol. The van der Waals surface area contributed by atoms with E-state index < -0.39 is 21.4 Å². The van der Waals surface area contributed by atoms with E-state index in [1.165, 1.54) is 10.4 Å². The smallest absolute Gasteiger partial charge is 0.287 e. The lowest BCUT2D eigenvalue weighted by Gasteiger charge is -2.37. The third-order valence-corrected chi connectivity index (χ3v) is 7.33. The molecule has 0 spiro atoms. The molecule has 0 N–H and O–H groups in total. The van der Waals surface area contributed by atoms with Gasteiger partial charge in [0.1, 0.15) is 5.02 Å². The highest BCUT2D eigenvalue weighted by Gasteiger charge is 2.31. The first kappa shape index (κ1) is 18.3. The van der Waals surface area contributed by atoms with Crippen molar-refractivity contribution >= 4 is 32.8 Å². The second-order valence-corrected chi connectivity index (χ2v) is 9.57. The predicted octanol–water partition coefficient (Wildman–Crippen LogP) is 1.58. The number of piperazine rings is 1. The molecule has 1 atom stereocenters. The van der Waals surface area contributed by atoms with Crippen LogP contribution in [0.3, 0.4) is 0 Å². The van der Waals surface area contributed by atoms with Crippen molar-refractivity contribution in [3.63, 3.8) is 0 Å². The summed E-state index contributed by atoms with van der Waals surface area (Å²) in [6.45, 7) is 3.11. The van der Waals surface area contributed by atoms with Crippen molar-refractivity contribution in [1.82, 2.24) is 9.78 Å². The molecule has 0 bridgehead atoms. The van der Waals surface area contributed by atoms with Crippen LogP contribution in [0.25, 0.3) is 0 Å². The van der Waals surface area contributed by atoms with Gasteiger partial charge in [-0.2, -0.15) is 5.10 Å². The number of sulfone groups is 1. The zero-order chi connectivity index (χ0) is 19.0. The van der Waals surface area contributed by atoms with E-state index in [-0.39, 0.29) is 16.5 Å². The van der Waals surface area contributed by atoms with Crippen LogP contribution in [0, 0.1) is 0 Å². The summed E-state index contributed by atoms with van der Waals surface area (Å²) in [6.07, 6.45) is 1.99. The molecule has 2 fully saturated rings. The maximum Gasteiger partial charge on any atom is 0.287 e. The Hall–Kier alpha value is -2.06. The lowest BCUT2D eigenvalue weighted by molar-refractivity contribution is 0.473. The molecule has 7 nitrogen and oxygen atoms in total. The number of hydrogen-bond acceptors (Lipinski definition) is 6. The van der Waals surface area contributed by atoms with E-state index in [4.69, 9.17) is 11.6 Å². The highest BCUT2D eigenvalue weighted by Crippen LogP contribution is 2.27. The van der Waals surface area contributed by atoms with Crippen LogP contribution in [0.2, 0.25) is 5.02 Å². The molecule has 3 heterocycles. The van der Waals surface area contributed by atoms with Gasteiger partial charge < -0.3 is 9.80 Å². The van der Waals surface area contributed by atoms with E-state index in [0.717, 1.165) is 26.2 Å². The number of nitrogens with zero attached hydrogens (tertiary/aromatic N) is 4. The Bertz CT molecular complexity index is 985. The van der Waals surface area contributed by atoms with Gasteiger partial charge in [0.05, 0.1) is 29.4 Å². The van der Waals surface area contributed by atoms with Gasteiger partial charge in [-0.15, -0.1) is 0 Å². The minimum absolute atomic E-state index is 0.0503. The van der Waals surface area contributed by atoms with Gasteiger partial charge in [0, 0.05) is 31.9 Å². The maximum atomic E-state index is 12.7. The largest absolute Gasteiger partial charge is 0.368 e. The zero-order valence-corrected chi connectivity index (χ0v) is 16.4. The lowest BCUT2D eigenvalue weighted by Crippen LogP contribution is -2.47. The number of anilines is 2. The molecule has 2 aliphatic heterocycles. The van der Waals surface area contributed by atoms with Crippen molar-refractivity contribution in [2.75, 3.05) is 47.5 Å². The summed E-state index contributed by atoms with van der Waals surface area (Å²) in [6, 6.07) is 9.78. The minimum atomic E-state index is -3.10. The molecular formula is C18H21ClN4O3S. The van der Waals surface area contributed by atoms with Crippen LogP contribution in [0.15, 0.2) is 41.3 Å². The minimum Gasteiger partial charge on any atom is -0.368 e. The van der Waals surface area contributed by atoms with Gasteiger partial charge in [-0.05, 0) is 18.6 Å². The number of halogens is 1. The Kier molecular flexibility index (Phi) is 4.86. The molecular weight excluding hydrogens is 388 g/mol. The summed E-state index contributed by atoms with van der Waals surface area (Å²) in [5, 5.41) is 4.35. The summed E-state index contributed by atoms with van der Waals surface area (Å²) in [5.74, 6) is 0.0396. The quantitative estimate of drug-likeness (QED) is 0.767. The number of aromatic nitrogens is 2. The van der Waals surface area contributed by atoms with Gasteiger partial charge in [-0.3, -0.25) is 4.79 Å². The van der Waals surface area contributed by atoms with Crippen molar-refractivity contribution in [3.8, 4) is 0 Å². The molecule has 0 unspecified atom stereocenters. The van der Waals surface area contributed by atoms with Crippen LogP contribution in [-0.4, -0.2) is 55.9 Å². The Morgan fingerprint density at radius 3 is 2.33 bits per heavy atom. The molecule has 0 saturated carbocycles. The highest BCUT2D eigenvalue weighted by atomic mass is 35.5. The van der Waals surface area contributed by atoms with Crippen molar-refractivity contribution in [2.45, 2.75) is 12.5 Å². The fourth-order valence-corrected chi connectivity index (χ4v) is 5.68. The molecule has 1 aromatic carbocycles. The molecule has 2 aliphatic rings. The van der Waals surface area contributed by atoms with Crippen LogP contribution in [-0.2, 0) is 9.84 Å². The summed E-state index contributed by atoms with van der Waals surface area (Å²) < 4.78 is 24.6. The van der Waals surface area contributed by atoms with Gasteiger partial charge in [0.2, 0.25) is 0 Å². The number of rotatable bonds is 3. The maximum absolute atomic E-state index is 12.7. The SMILES string of the molecule is O=c1c(Cl)c(N2CCN(c3ccccc3)CC2)cnn1[C@@H]1CCS(=O)(=O)C1. The van der Waals surface area contributed by atoms with E-state index in [2.05, 4.69) is 27.0 Å². The molecule has 0 radical (unpaired) electrons. The Morgan fingerprint density at radius 1 is 1.04 bits per heavy atom. The summed E-state index contributed by atoms with van der Waals surface area (Å²) in [5.41, 5.74) is 1.38. The van der Waals surface area contributed by atoms with Crippen molar-refractivity contribution in [3.05, 3.63) is 51.9 Å². The molecule has 27 heavy (non-hydrogen) atoms. The van der Waals surface area contributed by atoms with Crippen molar-refractivity contribution in [1.29, 1.82) is 0 Å². The summed E-state index contributed by atoms with van der Waals surface area (Å²) in [7, 11) is -3.10. The second kappa shape index (κ2) is 7.16. The number of benzene rings is 1. The Morgan fingerprint density at radius 2 is 1.70 bits per heavy atom. The molecule has 144 valence electrons. The molecule has 0 aliphatic carbocycles. The normalized spacial score (nSPS) is 22.2. The van der Waals surface area contributed by atoms with E-state index in [1.54, 1.807) is 6.20 Å². The average Bonchev–Trinajstić information content (AvgIpc) is 3.04. The highest BCUT2D eigenvalue weighted by molar-refractivity contribution is 7.91. The predicted molar refractivity (Wildman–Crippen MR) is 107 cm³/mol. The van der Waals surface area contributed by atoms with E-state index in [9.17, 15) is 13.2 Å². The van der Waals surface area contributed by atoms with Gasteiger partial charge in [-0.25, -0.2) is 13.1 Å². The molecule has 4 rings (SSSR count). The molecule has 1 aromatic heterocycles. The van der Waals surface area contributed by atoms with E-state index in [1.807, 2.05) is 18.2 Å². The molecule has 0 amide bonds. The first-order chi connectivity index (χ1) is 12.9. The van der Waals surface area contributed by atoms with E-state index in [0.29, 0.717) is 12.1 Å². The first-order valence-corrected chi connectivity index (χ1v) is 11.2. The van der Waals surface area contributed by atoms with Gasteiger partial charge in [-0.1, -0.05) is 29.8 Å². The average molecular weight is 409 g/mol. The van der Waals surface area contributed by atoms with Crippen LogP contribution in [0.5, 0.6) is 0 Å². The fourth-order valence-electron chi connectivity index (χ4n) is 3.73. The summed E-state index contributed by atoms with van der Waals surface area (Å²) >= 11 is 6.36. The standard InChI is InChI=1S/C18H21ClN4O3S/c19-17-16(12-20-23(18(17)24)15-6-11-27(25,26)13-15)22-9-7-21(8-10-22)14-4-2-1-3-5-14/h1-5,12,15H,6-11,13H2/t15-/m1/s1. The zero-order valence-electron chi connectivity index (χ0n) is 14.8. The van der Waals surface area contributed by atoms with Crippen LogP contribution in [0.4, 0.5) is 11.4 Å². The van der Waals surface area contributed by atoms with E-state index >= 15 is 0 Å². The molecule has 9 heteroatoms. The Balaban J connectivity index is 1.51. The van der Waals surface area contributed by atoms with Gasteiger partial charge in [0.15, 0.2) is 9.84 Å². The lowest BCUT2D eigenvalue weighted by atomic mass is 10.2. The molecule has 2 aromatic rings. The fraction of sp³-hybridized carbons (Fsp3) is 0.444. The van der Waals surface area contributed by atoms with Crippen LogP contribution >= 0.6 is 11.6 Å². The van der Waals surface area contributed by atoms with Crippen molar-refractivity contribution < 1.29 is 8.42 Å².